The Balaban J connectivity index is 1.89. The molecule has 18 heavy (non-hydrogen) atoms. The lowest BCUT2D eigenvalue weighted by atomic mass is 9.85. The van der Waals surface area contributed by atoms with Crippen molar-refractivity contribution in [3.63, 3.8) is 0 Å². The molecular formula is C13H25NO3S. The van der Waals surface area contributed by atoms with Crippen molar-refractivity contribution in [2.24, 2.45) is 11.8 Å². The third-order valence-electron chi connectivity index (χ3n) is 4.22. The maximum atomic E-state index is 11.5. The van der Waals surface area contributed by atoms with Gasteiger partial charge in [-0.3, -0.25) is 0 Å². The van der Waals surface area contributed by atoms with E-state index in [1.807, 2.05) is 0 Å². The van der Waals surface area contributed by atoms with Gasteiger partial charge in [-0.15, -0.1) is 0 Å². The molecule has 2 rings (SSSR count). The fourth-order valence-corrected chi connectivity index (χ4v) is 5.12. The van der Waals surface area contributed by atoms with E-state index in [-0.39, 0.29) is 0 Å². The fourth-order valence-electron chi connectivity index (χ4n) is 3.24. The Morgan fingerprint density at radius 2 is 2.00 bits per heavy atom. The van der Waals surface area contributed by atoms with Crippen LogP contribution in [0.15, 0.2) is 0 Å². The molecule has 2 fully saturated rings. The molecule has 106 valence electrons. The highest BCUT2D eigenvalue weighted by atomic mass is 32.2. The molecule has 0 saturated carbocycles. The Hall–Kier alpha value is -0.130. The van der Waals surface area contributed by atoms with Gasteiger partial charge in [0.05, 0.1) is 11.5 Å². The molecule has 2 heterocycles. The van der Waals surface area contributed by atoms with Gasteiger partial charge < -0.3 is 10.1 Å². The Bertz CT molecular complexity index is 349. The summed E-state index contributed by atoms with van der Waals surface area (Å²) in [6.45, 7) is 4.80. The normalized spacial score (nSPS) is 30.4. The summed E-state index contributed by atoms with van der Waals surface area (Å²) in [6.07, 6.45) is 4.08. The highest BCUT2D eigenvalue weighted by Gasteiger charge is 2.32. The number of hydrogen-bond donors (Lipinski definition) is 1. The van der Waals surface area contributed by atoms with Crippen molar-refractivity contribution in [3.05, 3.63) is 0 Å². The molecular weight excluding hydrogens is 250 g/mol. The summed E-state index contributed by atoms with van der Waals surface area (Å²) in [7, 11) is -2.74. The molecule has 0 spiro atoms. The first-order valence-electron chi connectivity index (χ1n) is 7.12. The van der Waals surface area contributed by atoms with E-state index in [0.717, 1.165) is 45.4 Å². The van der Waals surface area contributed by atoms with E-state index in [9.17, 15) is 8.42 Å². The maximum absolute atomic E-state index is 11.5. The quantitative estimate of drug-likeness (QED) is 0.819. The third kappa shape index (κ3) is 3.93. The Kier molecular flexibility index (Phi) is 5.04. The lowest BCUT2D eigenvalue weighted by molar-refractivity contribution is 0.0509. The predicted octanol–water partition coefficient (Wildman–Crippen LogP) is 1.22. The molecule has 2 saturated heterocycles. The van der Waals surface area contributed by atoms with Crippen molar-refractivity contribution in [1.29, 1.82) is 0 Å². The van der Waals surface area contributed by atoms with Crippen LogP contribution in [0.1, 0.15) is 32.6 Å². The van der Waals surface area contributed by atoms with Gasteiger partial charge in [0, 0.05) is 19.3 Å². The van der Waals surface area contributed by atoms with Crippen LogP contribution >= 0.6 is 0 Å². The molecule has 0 amide bonds. The molecule has 2 unspecified atom stereocenters. The van der Waals surface area contributed by atoms with Gasteiger partial charge in [-0.05, 0) is 44.1 Å². The van der Waals surface area contributed by atoms with Crippen LogP contribution < -0.4 is 5.32 Å². The van der Waals surface area contributed by atoms with Crippen molar-refractivity contribution in [3.8, 4) is 0 Å². The van der Waals surface area contributed by atoms with Gasteiger partial charge in [0.2, 0.25) is 0 Å². The second-order valence-electron chi connectivity index (χ2n) is 5.62. The summed E-state index contributed by atoms with van der Waals surface area (Å²) in [5.74, 6) is 1.81. The van der Waals surface area contributed by atoms with E-state index >= 15 is 0 Å². The average Bonchev–Trinajstić information content (AvgIpc) is 2.69. The molecule has 4 nitrogen and oxygen atoms in total. The summed E-state index contributed by atoms with van der Waals surface area (Å²) in [5.41, 5.74) is 0. The standard InChI is InChI=1S/C13H25NO3S/c1-2-14-13(12-3-6-17-7-4-12)9-11-5-8-18(15,16)10-11/h11-14H,2-10H2,1H3. The van der Waals surface area contributed by atoms with Crippen molar-refractivity contribution in [2.45, 2.75) is 38.6 Å². The van der Waals surface area contributed by atoms with Crippen LogP contribution in [0.4, 0.5) is 0 Å². The maximum Gasteiger partial charge on any atom is 0.150 e. The highest BCUT2D eigenvalue weighted by molar-refractivity contribution is 7.91. The summed E-state index contributed by atoms with van der Waals surface area (Å²) < 4.78 is 28.4. The molecule has 2 aliphatic rings. The van der Waals surface area contributed by atoms with Crippen LogP contribution in [0.3, 0.4) is 0 Å². The monoisotopic (exact) mass is 275 g/mol. The Labute approximate surface area is 110 Å². The van der Waals surface area contributed by atoms with Gasteiger partial charge in [-0.2, -0.15) is 0 Å². The summed E-state index contributed by atoms with van der Waals surface area (Å²) >= 11 is 0. The number of sulfone groups is 1. The number of rotatable bonds is 5. The lowest BCUT2D eigenvalue weighted by Gasteiger charge is -2.32. The fraction of sp³-hybridized carbons (Fsp3) is 1.00. The molecule has 2 atom stereocenters. The van der Waals surface area contributed by atoms with Crippen LogP contribution in [0, 0.1) is 11.8 Å². The molecule has 0 aliphatic carbocycles. The topological polar surface area (TPSA) is 55.4 Å². The van der Waals surface area contributed by atoms with Crippen LogP contribution in [0.25, 0.3) is 0 Å². The Morgan fingerprint density at radius 3 is 2.56 bits per heavy atom. The second kappa shape index (κ2) is 6.35. The Morgan fingerprint density at radius 1 is 1.28 bits per heavy atom. The smallest absolute Gasteiger partial charge is 0.150 e. The van der Waals surface area contributed by atoms with Crippen molar-refractivity contribution in [1.82, 2.24) is 5.32 Å². The molecule has 0 aromatic heterocycles. The van der Waals surface area contributed by atoms with Crippen LogP contribution in [-0.2, 0) is 14.6 Å². The minimum Gasteiger partial charge on any atom is -0.381 e. The van der Waals surface area contributed by atoms with Crippen molar-refractivity contribution in [2.75, 3.05) is 31.3 Å². The first kappa shape index (κ1) is 14.3. The van der Waals surface area contributed by atoms with E-state index in [1.165, 1.54) is 0 Å². The zero-order valence-corrected chi connectivity index (χ0v) is 12.0. The molecule has 2 aliphatic heterocycles. The first-order chi connectivity index (χ1) is 8.61. The van der Waals surface area contributed by atoms with Crippen molar-refractivity contribution < 1.29 is 13.2 Å². The molecule has 1 N–H and O–H groups in total. The van der Waals surface area contributed by atoms with Crippen LogP contribution in [0.2, 0.25) is 0 Å². The first-order valence-corrected chi connectivity index (χ1v) is 8.94. The average molecular weight is 275 g/mol. The zero-order valence-electron chi connectivity index (χ0n) is 11.2. The van der Waals surface area contributed by atoms with Gasteiger partial charge in [0.25, 0.3) is 0 Å². The highest BCUT2D eigenvalue weighted by Crippen LogP contribution is 2.28. The van der Waals surface area contributed by atoms with E-state index in [1.54, 1.807) is 0 Å². The van der Waals surface area contributed by atoms with Crippen LogP contribution in [-0.4, -0.2) is 45.7 Å². The zero-order chi connectivity index (χ0) is 13.0. The van der Waals surface area contributed by atoms with Gasteiger partial charge in [-0.1, -0.05) is 6.92 Å². The summed E-state index contributed by atoms with van der Waals surface area (Å²) in [6, 6.07) is 0.470. The lowest BCUT2D eigenvalue weighted by Crippen LogP contribution is -2.40. The predicted molar refractivity (Wildman–Crippen MR) is 72.4 cm³/mol. The summed E-state index contributed by atoms with van der Waals surface area (Å²) in [5, 5.41) is 3.56. The third-order valence-corrected chi connectivity index (χ3v) is 6.05. The molecule has 0 aromatic carbocycles. The van der Waals surface area contributed by atoms with Gasteiger partial charge in [0.1, 0.15) is 0 Å². The largest absolute Gasteiger partial charge is 0.381 e. The number of ether oxygens (including phenoxy) is 1. The van der Waals surface area contributed by atoms with Gasteiger partial charge >= 0.3 is 0 Å². The van der Waals surface area contributed by atoms with E-state index in [0.29, 0.717) is 29.4 Å². The van der Waals surface area contributed by atoms with E-state index in [2.05, 4.69) is 12.2 Å². The molecule has 5 heteroatoms. The second-order valence-corrected chi connectivity index (χ2v) is 7.85. The van der Waals surface area contributed by atoms with Gasteiger partial charge in [-0.25, -0.2) is 8.42 Å². The van der Waals surface area contributed by atoms with E-state index < -0.39 is 9.84 Å². The molecule has 0 bridgehead atoms. The van der Waals surface area contributed by atoms with Crippen LogP contribution in [0.5, 0.6) is 0 Å². The minimum atomic E-state index is -2.74. The minimum absolute atomic E-state index is 0.363. The number of nitrogens with one attached hydrogen (secondary N) is 1. The SMILES string of the molecule is CCNC(CC1CCS(=O)(=O)C1)C1CCOCC1. The summed E-state index contributed by atoms with van der Waals surface area (Å²) in [4.78, 5) is 0. The molecule has 0 aromatic rings. The van der Waals surface area contributed by atoms with E-state index in [4.69, 9.17) is 4.74 Å². The molecule has 0 radical (unpaired) electrons. The number of hydrogen-bond acceptors (Lipinski definition) is 4. The van der Waals surface area contributed by atoms with Crippen molar-refractivity contribution >= 4 is 9.84 Å². The van der Waals surface area contributed by atoms with Gasteiger partial charge in [0.15, 0.2) is 9.84 Å².